The predicted octanol–water partition coefficient (Wildman–Crippen LogP) is 1.54. The maximum Gasteiger partial charge on any atom is 0.220 e. The Morgan fingerprint density at radius 2 is 1.78 bits per heavy atom. The molecule has 1 heterocycles. The Hall–Kier alpha value is -2.13. The molecule has 23 heavy (non-hydrogen) atoms. The normalized spacial score (nSPS) is 22.4. The fraction of sp³-hybridized carbons (Fsp3) is 0.350. The van der Waals surface area contributed by atoms with Gasteiger partial charge in [-0.15, -0.1) is 0 Å². The maximum atomic E-state index is 11.3. The number of likely N-dealkylation sites (tertiary alicyclic amines) is 1. The lowest BCUT2D eigenvalue weighted by molar-refractivity contribution is -0.919. The molecule has 0 radical (unpaired) electrons. The summed E-state index contributed by atoms with van der Waals surface area (Å²) in [5.74, 6) is -0.0346. The van der Waals surface area contributed by atoms with E-state index >= 15 is 0 Å². The number of carbonyl (C=O) groups is 1. The lowest BCUT2D eigenvalue weighted by Crippen LogP contribution is -3.11. The molecule has 0 bridgehead atoms. The van der Waals surface area contributed by atoms with Gasteiger partial charge in [0.1, 0.15) is 6.54 Å². The predicted molar refractivity (Wildman–Crippen MR) is 91.0 cm³/mol. The van der Waals surface area contributed by atoms with E-state index in [1.165, 1.54) is 27.8 Å². The van der Waals surface area contributed by atoms with Crippen LogP contribution >= 0.6 is 0 Å². The SMILES string of the molecule is NC(=O)C1CC[NH+](Cc2ccc3c(c2)Cc2ccccc2-3)CC1. The third kappa shape index (κ3) is 2.77. The van der Waals surface area contributed by atoms with Crippen molar-refractivity contribution in [2.24, 2.45) is 11.7 Å². The van der Waals surface area contributed by atoms with Gasteiger partial charge in [0.15, 0.2) is 0 Å². The Kier molecular flexibility index (Phi) is 3.66. The minimum atomic E-state index is -0.126. The third-order valence-electron chi connectivity index (χ3n) is 5.41. The van der Waals surface area contributed by atoms with Crippen LogP contribution in [0.5, 0.6) is 0 Å². The molecule has 0 spiro atoms. The molecule has 0 atom stereocenters. The van der Waals surface area contributed by atoms with Crippen LogP contribution in [0.25, 0.3) is 11.1 Å². The van der Waals surface area contributed by atoms with Gasteiger partial charge in [-0.1, -0.05) is 36.4 Å². The first-order valence-corrected chi connectivity index (χ1v) is 8.53. The molecule has 3 heteroatoms. The van der Waals surface area contributed by atoms with Crippen LogP contribution in [0.3, 0.4) is 0 Å². The van der Waals surface area contributed by atoms with Gasteiger partial charge in [0.05, 0.1) is 13.1 Å². The second-order valence-electron chi connectivity index (χ2n) is 6.93. The zero-order chi connectivity index (χ0) is 15.8. The zero-order valence-corrected chi connectivity index (χ0v) is 13.3. The highest BCUT2D eigenvalue weighted by molar-refractivity contribution is 5.77. The summed E-state index contributed by atoms with van der Waals surface area (Å²) in [6.07, 6.45) is 2.92. The summed E-state index contributed by atoms with van der Waals surface area (Å²) >= 11 is 0. The number of rotatable bonds is 3. The summed E-state index contributed by atoms with van der Waals surface area (Å²) in [6.45, 7) is 3.14. The Morgan fingerprint density at radius 1 is 1.04 bits per heavy atom. The van der Waals surface area contributed by atoms with Gasteiger partial charge in [-0.25, -0.2) is 0 Å². The van der Waals surface area contributed by atoms with E-state index in [4.69, 9.17) is 5.73 Å². The third-order valence-corrected chi connectivity index (χ3v) is 5.41. The molecule has 3 N–H and O–H groups in total. The van der Waals surface area contributed by atoms with Gasteiger partial charge in [-0.3, -0.25) is 4.79 Å². The molecule has 1 saturated heterocycles. The fourth-order valence-corrected chi connectivity index (χ4v) is 4.08. The Balaban J connectivity index is 1.46. The first-order chi connectivity index (χ1) is 11.2. The minimum absolute atomic E-state index is 0.0910. The first-order valence-electron chi connectivity index (χ1n) is 8.53. The van der Waals surface area contributed by atoms with E-state index in [1.807, 2.05) is 0 Å². The van der Waals surface area contributed by atoms with Crippen LogP contribution in [-0.4, -0.2) is 19.0 Å². The van der Waals surface area contributed by atoms with Crippen molar-refractivity contribution in [1.82, 2.24) is 0 Å². The average molecular weight is 307 g/mol. The summed E-state index contributed by atoms with van der Waals surface area (Å²) in [5, 5.41) is 0. The van der Waals surface area contributed by atoms with E-state index in [2.05, 4.69) is 42.5 Å². The van der Waals surface area contributed by atoms with Crippen molar-refractivity contribution in [2.45, 2.75) is 25.8 Å². The molecule has 2 aromatic carbocycles. The maximum absolute atomic E-state index is 11.3. The highest BCUT2D eigenvalue weighted by atomic mass is 16.1. The summed E-state index contributed by atoms with van der Waals surface area (Å²) in [6, 6.07) is 15.6. The van der Waals surface area contributed by atoms with E-state index in [1.54, 1.807) is 4.90 Å². The van der Waals surface area contributed by atoms with Crippen molar-refractivity contribution in [3.05, 3.63) is 59.2 Å². The molecule has 0 unspecified atom stereocenters. The molecular formula is C20H23N2O+. The molecular weight excluding hydrogens is 284 g/mol. The highest BCUT2D eigenvalue weighted by Gasteiger charge is 2.26. The molecule has 1 aliphatic carbocycles. The molecule has 1 amide bonds. The second-order valence-corrected chi connectivity index (χ2v) is 6.93. The van der Waals surface area contributed by atoms with Gasteiger partial charge in [0, 0.05) is 24.3 Å². The number of quaternary nitrogens is 1. The topological polar surface area (TPSA) is 47.5 Å². The van der Waals surface area contributed by atoms with E-state index in [9.17, 15) is 4.79 Å². The van der Waals surface area contributed by atoms with Gasteiger partial charge in [0.25, 0.3) is 0 Å². The van der Waals surface area contributed by atoms with Gasteiger partial charge >= 0.3 is 0 Å². The second kappa shape index (κ2) is 5.82. The average Bonchev–Trinajstić information content (AvgIpc) is 2.93. The van der Waals surface area contributed by atoms with Gasteiger partial charge in [-0.05, 0) is 34.7 Å². The van der Waals surface area contributed by atoms with Crippen molar-refractivity contribution in [1.29, 1.82) is 0 Å². The molecule has 2 aromatic rings. The van der Waals surface area contributed by atoms with Crippen LogP contribution in [0.2, 0.25) is 0 Å². The molecule has 0 aromatic heterocycles. The van der Waals surface area contributed by atoms with E-state index in [0.717, 1.165) is 38.9 Å². The number of carbonyl (C=O) groups excluding carboxylic acids is 1. The van der Waals surface area contributed by atoms with Crippen LogP contribution in [0.4, 0.5) is 0 Å². The highest BCUT2D eigenvalue weighted by Crippen LogP contribution is 2.36. The van der Waals surface area contributed by atoms with Gasteiger partial charge in [0.2, 0.25) is 5.91 Å². The number of hydrogen-bond donors (Lipinski definition) is 2. The molecule has 2 aliphatic rings. The van der Waals surface area contributed by atoms with Crippen molar-refractivity contribution < 1.29 is 9.69 Å². The number of amides is 1. The quantitative estimate of drug-likeness (QED) is 0.757. The molecule has 1 fully saturated rings. The Bertz CT molecular complexity index is 745. The number of piperidine rings is 1. The Morgan fingerprint density at radius 3 is 2.57 bits per heavy atom. The number of nitrogens with two attached hydrogens (primary N) is 1. The standard InChI is InChI=1S/C20H22N2O/c21-20(23)15-7-9-22(10-8-15)13-14-5-6-19-17(11-14)12-16-3-1-2-4-18(16)19/h1-6,11,15H,7-10,12-13H2,(H2,21,23)/p+1. The van der Waals surface area contributed by atoms with E-state index < -0.39 is 0 Å². The zero-order valence-electron chi connectivity index (χ0n) is 13.3. The van der Waals surface area contributed by atoms with Gasteiger partial charge < -0.3 is 10.6 Å². The lowest BCUT2D eigenvalue weighted by Gasteiger charge is -2.27. The Labute approximate surface area is 137 Å². The number of benzene rings is 2. The minimum Gasteiger partial charge on any atom is -0.369 e. The van der Waals surface area contributed by atoms with Crippen LogP contribution in [0.1, 0.15) is 29.5 Å². The fourth-order valence-electron chi connectivity index (χ4n) is 4.08. The van der Waals surface area contributed by atoms with E-state index in [-0.39, 0.29) is 11.8 Å². The van der Waals surface area contributed by atoms with Crippen LogP contribution in [-0.2, 0) is 17.8 Å². The summed E-state index contributed by atoms with van der Waals surface area (Å²) < 4.78 is 0. The molecule has 1 aliphatic heterocycles. The van der Waals surface area contributed by atoms with E-state index in [0.29, 0.717) is 0 Å². The lowest BCUT2D eigenvalue weighted by atomic mass is 9.95. The van der Waals surface area contributed by atoms with Crippen molar-refractivity contribution in [3.63, 3.8) is 0 Å². The molecule has 3 nitrogen and oxygen atoms in total. The van der Waals surface area contributed by atoms with Crippen LogP contribution in [0, 0.1) is 5.92 Å². The number of primary amides is 1. The number of nitrogens with one attached hydrogen (secondary N) is 1. The summed E-state index contributed by atoms with van der Waals surface area (Å²) in [4.78, 5) is 12.8. The molecule has 0 saturated carbocycles. The number of fused-ring (bicyclic) bond motifs is 3. The van der Waals surface area contributed by atoms with Gasteiger partial charge in [-0.2, -0.15) is 0 Å². The number of hydrogen-bond acceptors (Lipinski definition) is 1. The molecule has 4 rings (SSSR count). The van der Waals surface area contributed by atoms with Crippen molar-refractivity contribution >= 4 is 5.91 Å². The van der Waals surface area contributed by atoms with Crippen molar-refractivity contribution in [2.75, 3.05) is 13.1 Å². The summed E-state index contributed by atoms with van der Waals surface area (Å²) in [7, 11) is 0. The molecule has 118 valence electrons. The van der Waals surface area contributed by atoms with Crippen LogP contribution < -0.4 is 10.6 Å². The van der Waals surface area contributed by atoms with Crippen molar-refractivity contribution in [3.8, 4) is 11.1 Å². The largest absolute Gasteiger partial charge is 0.369 e. The monoisotopic (exact) mass is 307 g/mol. The summed E-state index contributed by atoms with van der Waals surface area (Å²) in [5.41, 5.74) is 12.5. The van der Waals surface area contributed by atoms with Crippen LogP contribution in [0.15, 0.2) is 42.5 Å². The smallest absolute Gasteiger partial charge is 0.220 e. The first kappa shape index (κ1) is 14.5.